The first kappa shape index (κ1) is 12.4. The van der Waals surface area contributed by atoms with Gasteiger partial charge in [0.05, 0.1) is 13.2 Å². The van der Waals surface area contributed by atoms with Gasteiger partial charge in [0.25, 0.3) is 0 Å². The van der Waals surface area contributed by atoms with Crippen LogP contribution in [-0.4, -0.2) is 25.3 Å². The normalized spacial score (nSPS) is 17.6. The Kier molecular flexibility index (Phi) is 5.16. The number of benzene rings is 1. The smallest absolute Gasteiger partial charge is 0.158 e. The van der Waals surface area contributed by atoms with E-state index in [1.807, 2.05) is 11.8 Å². The molecule has 1 aromatic carbocycles. The number of hydrogen-bond donors (Lipinski definition) is 0. The van der Waals surface area contributed by atoms with Crippen LogP contribution >= 0.6 is 27.7 Å². The Bertz CT molecular complexity index is 309. The number of rotatable bonds is 4. The summed E-state index contributed by atoms with van der Waals surface area (Å²) >= 11 is 5.27. The SMILES string of the molecule is Brc1ccc(SCCC2OCCCO2)cc1. The molecule has 0 amide bonds. The largest absolute Gasteiger partial charge is 0.353 e. The lowest BCUT2D eigenvalue weighted by molar-refractivity contribution is -0.178. The zero-order valence-electron chi connectivity index (χ0n) is 9.02. The molecule has 0 aliphatic carbocycles. The predicted octanol–water partition coefficient (Wildman–Crippen LogP) is 3.69. The van der Waals surface area contributed by atoms with E-state index < -0.39 is 0 Å². The maximum absolute atomic E-state index is 5.49. The molecule has 0 N–H and O–H groups in total. The molecule has 0 spiro atoms. The first-order valence-corrected chi connectivity index (χ1v) is 7.24. The fourth-order valence-corrected chi connectivity index (χ4v) is 2.65. The quantitative estimate of drug-likeness (QED) is 0.790. The number of ether oxygens (including phenoxy) is 2. The Morgan fingerprint density at radius 3 is 2.56 bits per heavy atom. The molecule has 0 atom stereocenters. The van der Waals surface area contributed by atoms with Crippen LogP contribution in [0.15, 0.2) is 33.6 Å². The average molecular weight is 303 g/mol. The minimum atomic E-state index is 0.0108. The highest BCUT2D eigenvalue weighted by Gasteiger charge is 2.13. The molecule has 1 aliphatic rings. The molecule has 4 heteroatoms. The summed E-state index contributed by atoms with van der Waals surface area (Å²) in [4.78, 5) is 1.29. The average Bonchev–Trinajstić information content (AvgIpc) is 2.33. The van der Waals surface area contributed by atoms with Gasteiger partial charge < -0.3 is 9.47 Å². The van der Waals surface area contributed by atoms with Crippen molar-refractivity contribution in [1.29, 1.82) is 0 Å². The molecule has 2 rings (SSSR count). The number of thioether (sulfide) groups is 1. The molecule has 0 unspecified atom stereocenters. The minimum absolute atomic E-state index is 0.0108. The highest BCUT2D eigenvalue weighted by molar-refractivity contribution is 9.10. The third-order valence-corrected chi connectivity index (χ3v) is 3.91. The lowest BCUT2D eigenvalue weighted by Crippen LogP contribution is -2.25. The third kappa shape index (κ3) is 4.09. The molecule has 1 aromatic rings. The van der Waals surface area contributed by atoms with Crippen LogP contribution in [0.2, 0.25) is 0 Å². The van der Waals surface area contributed by atoms with E-state index in [-0.39, 0.29) is 6.29 Å². The summed E-state index contributed by atoms with van der Waals surface area (Å²) in [5.41, 5.74) is 0. The fourth-order valence-electron chi connectivity index (χ4n) is 1.51. The van der Waals surface area contributed by atoms with Crippen LogP contribution in [0.5, 0.6) is 0 Å². The van der Waals surface area contributed by atoms with Crippen molar-refractivity contribution in [3.8, 4) is 0 Å². The summed E-state index contributed by atoms with van der Waals surface area (Å²) in [6.07, 6.45) is 1.99. The summed E-state index contributed by atoms with van der Waals surface area (Å²) in [5, 5.41) is 0. The van der Waals surface area contributed by atoms with E-state index in [1.54, 1.807) is 0 Å². The van der Waals surface area contributed by atoms with E-state index in [1.165, 1.54) is 4.90 Å². The molecule has 0 bridgehead atoms. The monoisotopic (exact) mass is 302 g/mol. The molecule has 0 aromatic heterocycles. The minimum Gasteiger partial charge on any atom is -0.353 e. The second kappa shape index (κ2) is 6.64. The van der Waals surface area contributed by atoms with Crippen LogP contribution in [-0.2, 0) is 9.47 Å². The van der Waals surface area contributed by atoms with E-state index in [0.29, 0.717) is 0 Å². The van der Waals surface area contributed by atoms with E-state index in [9.17, 15) is 0 Å². The second-order valence-electron chi connectivity index (χ2n) is 3.62. The summed E-state index contributed by atoms with van der Waals surface area (Å²) in [7, 11) is 0. The van der Waals surface area contributed by atoms with Gasteiger partial charge in [0.2, 0.25) is 0 Å². The van der Waals surface area contributed by atoms with Crippen molar-refractivity contribution in [3.63, 3.8) is 0 Å². The van der Waals surface area contributed by atoms with Crippen LogP contribution in [0.1, 0.15) is 12.8 Å². The highest BCUT2D eigenvalue weighted by Crippen LogP contribution is 2.22. The standard InChI is InChI=1S/C12H15BrO2S/c13-10-2-4-11(5-3-10)16-9-6-12-14-7-1-8-15-12/h2-5,12H,1,6-9H2. The topological polar surface area (TPSA) is 18.5 Å². The number of hydrogen-bond acceptors (Lipinski definition) is 3. The van der Waals surface area contributed by atoms with E-state index in [4.69, 9.17) is 9.47 Å². The summed E-state index contributed by atoms with van der Waals surface area (Å²) in [6, 6.07) is 8.38. The molecule has 1 heterocycles. The lowest BCUT2D eigenvalue weighted by Gasteiger charge is -2.22. The van der Waals surface area contributed by atoms with Gasteiger partial charge in [-0.15, -0.1) is 11.8 Å². The number of halogens is 1. The van der Waals surface area contributed by atoms with Crippen molar-refractivity contribution in [2.75, 3.05) is 19.0 Å². The molecule has 1 saturated heterocycles. The van der Waals surface area contributed by atoms with Gasteiger partial charge in [-0.25, -0.2) is 0 Å². The van der Waals surface area contributed by atoms with Crippen LogP contribution in [0.25, 0.3) is 0 Å². The molecular formula is C12H15BrO2S. The van der Waals surface area contributed by atoms with Crippen molar-refractivity contribution in [2.45, 2.75) is 24.0 Å². The van der Waals surface area contributed by atoms with Gasteiger partial charge in [0, 0.05) is 21.5 Å². The Balaban J connectivity index is 1.69. The van der Waals surface area contributed by atoms with Gasteiger partial charge >= 0.3 is 0 Å². The van der Waals surface area contributed by atoms with Crippen LogP contribution in [0.3, 0.4) is 0 Å². The first-order valence-electron chi connectivity index (χ1n) is 5.46. The van der Waals surface area contributed by atoms with E-state index in [2.05, 4.69) is 40.2 Å². The molecule has 1 aliphatic heterocycles. The maximum atomic E-state index is 5.49. The van der Waals surface area contributed by atoms with Crippen molar-refractivity contribution < 1.29 is 9.47 Å². The molecule has 0 saturated carbocycles. The fraction of sp³-hybridized carbons (Fsp3) is 0.500. The van der Waals surface area contributed by atoms with Gasteiger partial charge in [-0.05, 0) is 30.7 Å². The molecule has 2 nitrogen and oxygen atoms in total. The molecular weight excluding hydrogens is 288 g/mol. The summed E-state index contributed by atoms with van der Waals surface area (Å²) < 4.78 is 12.1. The van der Waals surface area contributed by atoms with Crippen molar-refractivity contribution in [1.82, 2.24) is 0 Å². The van der Waals surface area contributed by atoms with Crippen LogP contribution in [0, 0.1) is 0 Å². The lowest BCUT2D eigenvalue weighted by atomic mass is 10.4. The van der Waals surface area contributed by atoms with Crippen molar-refractivity contribution in [3.05, 3.63) is 28.7 Å². The van der Waals surface area contributed by atoms with Crippen LogP contribution in [0.4, 0.5) is 0 Å². The van der Waals surface area contributed by atoms with Crippen molar-refractivity contribution >= 4 is 27.7 Å². The Morgan fingerprint density at radius 2 is 1.88 bits per heavy atom. The zero-order chi connectivity index (χ0) is 11.2. The summed E-state index contributed by atoms with van der Waals surface area (Å²) in [5.74, 6) is 1.03. The van der Waals surface area contributed by atoms with E-state index >= 15 is 0 Å². The van der Waals surface area contributed by atoms with Gasteiger partial charge in [-0.2, -0.15) is 0 Å². The van der Waals surface area contributed by atoms with E-state index in [0.717, 1.165) is 36.3 Å². The third-order valence-electron chi connectivity index (χ3n) is 2.33. The second-order valence-corrected chi connectivity index (χ2v) is 5.70. The Labute approximate surface area is 109 Å². The molecule has 16 heavy (non-hydrogen) atoms. The van der Waals surface area contributed by atoms with Gasteiger partial charge in [0.1, 0.15) is 0 Å². The van der Waals surface area contributed by atoms with Crippen LogP contribution < -0.4 is 0 Å². The molecule has 88 valence electrons. The molecule has 1 fully saturated rings. The zero-order valence-corrected chi connectivity index (χ0v) is 11.4. The first-order chi connectivity index (χ1) is 7.84. The Morgan fingerprint density at radius 1 is 1.19 bits per heavy atom. The maximum Gasteiger partial charge on any atom is 0.158 e. The summed E-state index contributed by atoms with van der Waals surface area (Å²) in [6.45, 7) is 1.68. The van der Waals surface area contributed by atoms with Gasteiger partial charge in [0.15, 0.2) is 6.29 Å². The van der Waals surface area contributed by atoms with Gasteiger partial charge in [-0.1, -0.05) is 15.9 Å². The Hall–Kier alpha value is -0.0300. The molecule has 0 radical (unpaired) electrons. The van der Waals surface area contributed by atoms with Gasteiger partial charge in [-0.3, -0.25) is 0 Å². The predicted molar refractivity (Wildman–Crippen MR) is 69.8 cm³/mol. The van der Waals surface area contributed by atoms with Crippen molar-refractivity contribution in [2.24, 2.45) is 0 Å². The highest BCUT2D eigenvalue weighted by atomic mass is 79.9.